The summed E-state index contributed by atoms with van der Waals surface area (Å²) in [5.41, 5.74) is 7.20. The molecule has 1 fully saturated rings. The van der Waals surface area contributed by atoms with Gasteiger partial charge in [0.05, 0.1) is 0 Å². The molecule has 0 aromatic heterocycles. The van der Waals surface area contributed by atoms with E-state index in [1.807, 2.05) is 29.2 Å². The van der Waals surface area contributed by atoms with Crippen molar-refractivity contribution in [3.8, 4) is 0 Å². The summed E-state index contributed by atoms with van der Waals surface area (Å²) in [6, 6.07) is 23.1. The first-order valence-corrected chi connectivity index (χ1v) is 12.2. The summed E-state index contributed by atoms with van der Waals surface area (Å²) < 4.78 is 0.936. The lowest BCUT2D eigenvalue weighted by Crippen LogP contribution is -2.45. The van der Waals surface area contributed by atoms with Crippen LogP contribution in [0.1, 0.15) is 45.5 Å². The first-order valence-electron chi connectivity index (χ1n) is 11.4. The fourth-order valence-corrected chi connectivity index (χ4v) is 5.78. The summed E-state index contributed by atoms with van der Waals surface area (Å²) >= 11 is 3.51. The lowest BCUT2D eigenvalue weighted by molar-refractivity contribution is 0.0975. The largest absolute Gasteiger partial charge is 0.307 e. The van der Waals surface area contributed by atoms with Crippen molar-refractivity contribution >= 4 is 27.5 Å². The lowest BCUT2D eigenvalue weighted by Gasteiger charge is -2.40. The summed E-state index contributed by atoms with van der Waals surface area (Å²) in [7, 11) is 0. The Morgan fingerprint density at radius 2 is 1.69 bits per heavy atom. The van der Waals surface area contributed by atoms with Gasteiger partial charge in [0.2, 0.25) is 0 Å². The molecule has 2 heterocycles. The number of rotatable bonds is 3. The second kappa shape index (κ2) is 8.49. The van der Waals surface area contributed by atoms with E-state index >= 15 is 0 Å². The van der Waals surface area contributed by atoms with Crippen LogP contribution in [0.5, 0.6) is 0 Å². The van der Waals surface area contributed by atoms with Crippen LogP contribution < -0.4 is 4.90 Å². The van der Waals surface area contributed by atoms with Crippen molar-refractivity contribution < 1.29 is 4.79 Å². The molecule has 0 aliphatic carbocycles. The molecule has 4 heteroatoms. The van der Waals surface area contributed by atoms with Crippen LogP contribution in [0, 0.1) is 13.8 Å². The van der Waals surface area contributed by atoms with Gasteiger partial charge in [0.1, 0.15) is 0 Å². The first kappa shape index (κ1) is 21.4. The molecular formula is C28H29BrN2O. The number of halogens is 1. The van der Waals surface area contributed by atoms with Crippen molar-refractivity contribution in [2.24, 2.45) is 0 Å². The van der Waals surface area contributed by atoms with Crippen LogP contribution in [0.2, 0.25) is 0 Å². The molecule has 164 valence electrons. The molecule has 3 aromatic carbocycles. The molecule has 32 heavy (non-hydrogen) atoms. The van der Waals surface area contributed by atoms with Crippen molar-refractivity contribution in [1.82, 2.24) is 4.90 Å². The molecule has 5 rings (SSSR count). The number of fused-ring (bicyclic) bond motifs is 2. The van der Waals surface area contributed by atoms with Crippen LogP contribution in [-0.4, -0.2) is 30.4 Å². The zero-order valence-electron chi connectivity index (χ0n) is 18.8. The summed E-state index contributed by atoms with van der Waals surface area (Å²) in [5, 5.41) is 0. The average molecular weight is 489 g/mol. The van der Waals surface area contributed by atoms with E-state index in [0.29, 0.717) is 0 Å². The fourth-order valence-electron chi connectivity index (χ4n) is 5.38. The minimum Gasteiger partial charge on any atom is -0.307 e. The molecule has 0 bridgehead atoms. The van der Waals surface area contributed by atoms with Crippen LogP contribution in [0.4, 0.5) is 5.69 Å². The van der Waals surface area contributed by atoms with E-state index < -0.39 is 0 Å². The van der Waals surface area contributed by atoms with Crippen LogP contribution in [0.25, 0.3) is 0 Å². The third-order valence-corrected chi connectivity index (χ3v) is 7.59. The zero-order chi connectivity index (χ0) is 22.3. The standard InChI is InChI=1S/C28H29BrN2O/c1-20-5-3-6-22(15-20)18-30-13-11-28(12-14-30)19-31(26-10-9-21(2)16-25(26)28)27(32)23-7-4-8-24(29)17-23/h3-10,15-17H,11-14,18-19H2,1-2H3. The number of benzene rings is 3. The maximum Gasteiger partial charge on any atom is 0.258 e. The Morgan fingerprint density at radius 1 is 0.938 bits per heavy atom. The van der Waals surface area contributed by atoms with Crippen molar-refractivity contribution in [1.29, 1.82) is 0 Å². The summed E-state index contributed by atoms with van der Waals surface area (Å²) in [4.78, 5) is 18.1. The molecule has 3 aromatic rings. The number of aryl methyl sites for hydroxylation is 2. The molecule has 0 saturated carbocycles. The van der Waals surface area contributed by atoms with Crippen LogP contribution in [0.3, 0.4) is 0 Å². The van der Waals surface area contributed by atoms with Gasteiger partial charge in [0.25, 0.3) is 5.91 Å². The second-order valence-corrected chi connectivity index (χ2v) is 10.4. The molecule has 0 N–H and O–H groups in total. The highest BCUT2D eigenvalue weighted by Crippen LogP contribution is 2.48. The van der Waals surface area contributed by atoms with Crippen molar-refractivity contribution in [3.05, 3.63) is 99.0 Å². The average Bonchev–Trinajstić information content (AvgIpc) is 3.08. The highest BCUT2D eigenvalue weighted by atomic mass is 79.9. The Hall–Kier alpha value is -2.43. The Morgan fingerprint density at radius 3 is 2.44 bits per heavy atom. The second-order valence-electron chi connectivity index (χ2n) is 9.47. The number of carbonyl (C=O) groups excluding carboxylic acids is 1. The highest BCUT2D eigenvalue weighted by Gasteiger charge is 2.46. The molecule has 1 saturated heterocycles. The first-order chi connectivity index (χ1) is 15.4. The summed E-state index contributed by atoms with van der Waals surface area (Å²) in [6.45, 7) is 8.19. The van der Waals surface area contributed by atoms with Crippen molar-refractivity contribution in [2.45, 2.75) is 38.6 Å². The van der Waals surface area contributed by atoms with Crippen LogP contribution >= 0.6 is 15.9 Å². The summed E-state index contributed by atoms with van der Waals surface area (Å²) in [6.07, 6.45) is 2.16. The highest BCUT2D eigenvalue weighted by molar-refractivity contribution is 9.10. The van der Waals surface area contributed by atoms with E-state index in [9.17, 15) is 4.79 Å². The molecule has 0 atom stereocenters. The molecule has 1 amide bonds. The van der Waals surface area contributed by atoms with Crippen molar-refractivity contribution in [2.75, 3.05) is 24.5 Å². The van der Waals surface area contributed by atoms with Gasteiger partial charge in [-0.25, -0.2) is 0 Å². The maximum absolute atomic E-state index is 13.5. The Labute approximate surface area is 199 Å². The van der Waals surface area contributed by atoms with Crippen molar-refractivity contribution in [3.63, 3.8) is 0 Å². The minimum atomic E-state index is 0.0477. The van der Waals surface area contributed by atoms with E-state index in [4.69, 9.17) is 0 Å². The molecule has 0 unspecified atom stereocenters. The predicted octanol–water partition coefficient (Wildman–Crippen LogP) is 6.26. The third-order valence-electron chi connectivity index (χ3n) is 7.09. The Bertz CT molecular complexity index is 1160. The maximum atomic E-state index is 13.5. The fraction of sp³-hybridized carbons (Fsp3) is 0.321. The van der Waals surface area contributed by atoms with Gasteiger partial charge in [-0.05, 0) is 75.2 Å². The zero-order valence-corrected chi connectivity index (χ0v) is 20.4. The van der Waals surface area contributed by atoms with E-state index in [2.05, 4.69) is 77.1 Å². The van der Waals surface area contributed by atoms with E-state index in [-0.39, 0.29) is 11.3 Å². The molecular weight excluding hydrogens is 460 g/mol. The smallest absolute Gasteiger partial charge is 0.258 e. The van der Waals surface area contributed by atoms with Gasteiger partial charge in [-0.3, -0.25) is 9.69 Å². The van der Waals surface area contributed by atoms with Gasteiger partial charge in [-0.15, -0.1) is 0 Å². The molecule has 3 nitrogen and oxygen atoms in total. The van der Waals surface area contributed by atoms with Gasteiger partial charge in [-0.2, -0.15) is 0 Å². The number of hydrogen-bond donors (Lipinski definition) is 0. The number of carbonyl (C=O) groups is 1. The van der Waals surface area contributed by atoms with Gasteiger partial charge < -0.3 is 4.90 Å². The SMILES string of the molecule is Cc1cccc(CN2CCC3(CC2)CN(C(=O)c2cccc(Br)c2)c2ccc(C)cc23)c1. The van der Waals surface area contributed by atoms with E-state index in [1.54, 1.807) is 0 Å². The third kappa shape index (κ3) is 4.02. The minimum absolute atomic E-state index is 0.0477. The predicted molar refractivity (Wildman–Crippen MR) is 134 cm³/mol. The quantitative estimate of drug-likeness (QED) is 0.434. The molecule has 0 radical (unpaired) electrons. The number of nitrogens with zero attached hydrogens (tertiary/aromatic N) is 2. The number of anilines is 1. The number of likely N-dealkylation sites (tertiary alicyclic amines) is 1. The molecule has 2 aliphatic heterocycles. The lowest BCUT2D eigenvalue weighted by atomic mass is 9.74. The van der Waals surface area contributed by atoms with Crippen LogP contribution in [0.15, 0.2) is 71.2 Å². The number of amides is 1. The van der Waals surface area contributed by atoms with E-state index in [0.717, 1.165) is 54.7 Å². The van der Waals surface area contributed by atoms with Gasteiger partial charge in [-0.1, -0.05) is 69.5 Å². The summed E-state index contributed by atoms with van der Waals surface area (Å²) in [5.74, 6) is 0.0930. The monoisotopic (exact) mass is 488 g/mol. The number of piperidine rings is 1. The van der Waals surface area contributed by atoms with E-state index in [1.165, 1.54) is 22.3 Å². The number of hydrogen-bond acceptors (Lipinski definition) is 2. The van der Waals surface area contributed by atoms with Gasteiger partial charge in [0.15, 0.2) is 0 Å². The topological polar surface area (TPSA) is 23.6 Å². The Kier molecular flexibility index (Phi) is 5.68. The van der Waals surface area contributed by atoms with Gasteiger partial charge >= 0.3 is 0 Å². The molecule has 1 spiro atoms. The van der Waals surface area contributed by atoms with Gasteiger partial charge in [0, 0.05) is 34.2 Å². The Balaban J connectivity index is 1.39. The normalized spacial score (nSPS) is 17.5. The molecule has 2 aliphatic rings. The van der Waals surface area contributed by atoms with Crippen LogP contribution in [-0.2, 0) is 12.0 Å².